The standard InChI is InChI=1S/C33H41N3O4/c1-7-36(8-2)21-26(37)22-39-32-20-29-28(19-31(32)38-6)30(17-18-34-29)40-27-15-13-25(14-16-27)35-24-11-9-23(10-12-24)33(3,4)5/h9-20,26,35,37H,7-8,21-22H2,1-6H3. The predicted molar refractivity (Wildman–Crippen MR) is 163 cm³/mol. The lowest BCUT2D eigenvalue weighted by atomic mass is 9.87. The van der Waals surface area contributed by atoms with Gasteiger partial charge in [-0.25, -0.2) is 0 Å². The molecule has 0 radical (unpaired) electrons. The highest BCUT2D eigenvalue weighted by atomic mass is 16.5. The summed E-state index contributed by atoms with van der Waals surface area (Å²) in [5.74, 6) is 2.46. The second-order valence-electron chi connectivity index (χ2n) is 10.9. The zero-order valence-electron chi connectivity index (χ0n) is 24.4. The molecule has 0 aliphatic heterocycles. The Labute approximate surface area is 237 Å². The van der Waals surface area contributed by atoms with Gasteiger partial charge in [0.25, 0.3) is 0 Å². The number of likely N-dealkylation sites (N-methyl/N-ethyl adjacent to an activating group) is 1. The van der Waals surface area contributed by atoms with Crippen LogP contribution in [0.25, 0.3) is 10.9 Å². The predicted octanol–water partition coefficient (Wildman–Crippen LogP) is 7.16. The van der Waals surface area contributed by atoms with Gasteiger partial charge in [-0.15, -0.1) is 0 Å². The summed E-state index contributed by atoms with van der Waals surface area (Å²) in [7, 11) is 1.60. The third kappa shape index (κ3) is 7.43. The van der Waals surface area contributed by atoms with Crippen molar-refractivity contribution in [2.45, 2.75) is 46.1 Å². The van der Waals surface area contributed by atoms with Crippen LogP contribution in [0.4, 0.5) is 11.4 Å². The van der Waals surface area contributed by atoms with Crippen molar-refractivity contribution in [2.24, 2.45) is 0 Å². The molecule has 1 heterocycles. The minimum absolute atomic E-state index is 0.126. The number of nitrogens with zero attached hydrogens (tertiary/aromatic N) is 2. The highest BCUT2D eigenvalue weighted by molar-refractivity contribution is 5.88. The highest BCUT2D eigenvalue weighted by Gasteiger charge is 2.16. The third-order valence-electron chi connectivity index (χ3n) is 6.90. The normalized spacial score (nSPS) is 12.4. The smallest absolute Gasteiger partial charge is 0.163 e. The molecule has 3 aromatic carbocycles. The molecular weight excluding hydrogens is 502 g/mol. The van der Waals surface area contributed by atoms with Crippen molar-refractivity contribution in [3.05, 3.63) is 78.5 Å². The summed E-state index contributed by atoms with van der Waals surface area (Å²) in [6, 6.07) is 21.9. The summed E-state index contributed by atoms with van der Waals surface area (Å²) >= 11 is 0. The van der Waals surface area contributed by atoms with E-state index < -0.39 is 6.10 Å². The molecule has 0 saturated carbocycles. The first-order valence-electron chi connectivity index (χ1n) is 13.9. The highest BCUT2D eigenvalue weighted by Crippen LogP contribution is 2.37. The van der Waals surface area contributed by atoms with Crippen LogP contribution in [0.5, 0.6) is 23.0 Å². The Morgan fingerprint density at radius 3 is 2.12 bits per heavy atom. The van der Waals surface area contributed by atoms with Crippen LogP contribution in [-0.4, -0.2) is 54.4 Å². The van der Waals surface area contributed by atoms with Gasteiger partial charge in [0, 0.05) is 35.6 Å². The zero-order valence-corrected chi connectivity index (χ0v) is 24.4. The SMILES string of the molecule is CCN(CC)CC(O)COc1cc2nccc(Oc3ccc(Nc4ccc(C(C)(C)C)cc4)cc3)c2cc1OC. The Morgan fingerprint density at radius 2 is 1.52 bits per heavy atom. The summed E-state index contributed by atoms with van der Waals surface area (Å²) in [6.45, 7) is 13.3. The number of aromatic nitrogens is 1. The fourth-order valence-electron chi connectivity index (χ4n) is 4.46. The van der Waals surface area contributed by atoms with E-state index in [9.17, 15) is 5.11 Å². The maximum atomic E-state index is 10.4. The van der Waals surface area contributed by atoms with E-state index in [1.165, 1.54) is 5.56 Å². The number of benzene rings is 3. The Morgan fingerprint density at radius 1 is 0.875 bits per heavy atom. The van der Waals surface area contributed by atoms with Gasteiger partial charge < -0.3 is 29.5 Å². The van der Waals surface area contributed by atoms with Crippen LogP contribution in [0.15, 0.2) is 72.9 Å². The van der Waals surface area contributed by atoms with E-state index in [0.29, 0.717) is 35.1 Å². The van der Waals surface area contributed by atoms with E-state index in [1.54, 1.807) is 13.3 Å². The zero-order chi connectivity index (χ0) is 28.7. The van der Waals surface area contributed by atoms with Crippen molar-refractivity contribution in [1.29, 1.82) is 0 Å². The number of aliphatic hydroxyl groups is 1. The maximum Gasteiger partial charge on any atom is 0.163 e. The van der Waals surface area contributed by atoms with Gasteiger partial charge in [-0.2, -0.15) is 0 Å². The first-order valence-corrected chi connectivity index (χ1v) is 13.9. The lowest BCUT2D eigenvalue weighted by Gasteiger charge is -2.22. The molecule has 1 aromatic heterocycles. The summed E-state index contributed by atoms with van der Waals surface area (Å²) < 4.78 is 17.8. The summed E-state index contributed by atoms with van der Waals surface area (Å²) in [5.41, 5.74) is 4.15. The van der Waals surface area contributed by atoms with Crippen LogP contribution in [0, 0.1) is 0 Å². The topological polar surface area (TPSA) is 76.1 Å². The number of nitrogens with one attached hydrogen (secondary N) is 1. The quantitative estimate of drug-likeness (QED) is 0.196. The third-order valence-corrected chi connectivity index (χ3v) is 6.90. The number of methoxy groups -OCH3 is 1. The molecule has 0 fully saturated rings. The van der Waals surface area contributed by atoms with Crippen LogP contribution in [0.3, 0.4) is 0 Å². The lowest BCUT2D eigenvalue weighted by molar-refractivity contribution is 0.0706. The van der Waals surface area contributed by atoms with Crippen LogP contribution in [-0.2, 0) is 5.41 Å². The Hall–Kier alpha value is -3.81. The molecule has 4 aromatic rings. The van der Waals surface area contributed by atoms with Gasteiger partial charge in [-0.05, 0) is 72.6 Å². The second-order valence-corrected chi connectivity index (χ2v) is 10.9. The summed E-state index contributed by atoms with van der Waals surface area (Å²) in [4.78, 5) is 6.66. The van der Waals surface area contributed by atoms with Crippen LogP contribution in [0.1, 0.15) is 40.2 Å². The number of rotatable bonds is 12. The molecule has 0 bridgehead atoms. The minimum atomic E-state index is -0.608. The van der Waals surface area contributed by atoms with Gasteiger partial charge in [-0.3, -0.25) is 4.98 Å². The van der Waals surface area contributed by atoms with E-state index >= 15 is 0 Å². The van der Waals surface area contributed by atoms with E-state index in [-0.39, 0.29) is 12.0 Å². The van der Waals surface area contributed by atoms with E-state index in [4.69, 9.17) is 14.2 Å². The van der Waals surface area contributed by atoms with Gasteiger partial charge in [-0.1, -0.05) is 46.8 Å². The summed E-state index contributed by atoms with van der Waals surface area (Å²) in [6.07, 6.45) is 1.10. The molecule has 4 rings (SSSR count). The van der Waals surface area contributed by atoms with Crippen LogP contribution in [0.2, 0.25) is 0 Å². The van der Waals surface area contributed by atoms with Crippen molar-refractivity contribution in [2.75, 3.05) is 38.7 Å². The average molecular weight is 544 g/mol. The molecule has 212 valence electrons. The molecule has 7 heteroatoms. The molecule has 2 N–H and O–H groups in total. The second kappa shape index (κ2) is 13.0. The Balaban J connectivity index is 1.45. The number of pyridine rings is 1. The molecule has 40 heavy (non-hydrogen) atoms. The van der Waals surface area contributed by atoms with Crippen molar-refractivity contribution in [3.63, 3.8) is 0 Å². The molecule has 0 aliphatic rings. The molecule has 1 unspecified atom stereocenters. The van der Waals surface area contributed by atoms with Crippen molar-refractivity contribution in [3.8, 4) is 23.0 Å². The van der Waals surface area contributed by atoms with E-state index in [1.807, 2.05) is 42.5 Å². The van der Waals surface area contributed by atoms with Crippen LogP contribution < -0.4 is 19.5 Å². The fraction of sp³-hybridized carbons (Fsp3) is 0.364. The van der Waals surface area contributed by atoms with Gasteiger partial charge in [0.1, 0.15) is 24.2 Å². The number of hydrogen-bond donors (Lipinski definition) is 2. The maximum absolute atomic E-state index is 10.4. The molecule has 0 aliphatic carbocycles. The van der Waals surface area contributed by atoms with Gasteiger partial charge in [0.05, 0.1) is 12.6 Å². The Kier molecular flexibility index (Phi) is 9.50. The van der Waals surface area contributed by atoms with Crippen LogP contribution >= 0.6 is 0 Å². The first kappa shape index (κ1) is 29.2. The number of fused-ring (bicyclic) bond motifs is 1. The van der Waals surface area contributed by atoms with E-state index in [2.05, 4.69) is 74.1 Å². The molecule has 0 spiro atoms. The number of aliphatic hydroxyl groups excluding tert-OH is 1. The van der Waals surface area contributed by atoms with Gasteiger partial charge >= 0.3 is 0 Å². The molecular formula is C33H41N3O4. The fourth-order valence-corrected chi connectivity index (χ4v) is 4.46. The van der Waals surface area contributed by atoms with Gasteiger partial charge in [0.2, 0.25) is 0 Å². The number of hydrogen-bond acceptors (Lipinski definition) is 7. The van der Waals surface area contributed by atoms with Gasteiger partial charge in [0.15, 0.2) is 11.5 Å². The molecule has 1 atom stereocenters. The minimum Gasteiger partial charge on any atom is -0.493 e. The number of ether oxygens (including phenoxy) is 3. The van der Waals surface area contributed by atoms with Crippen molar-refractivity contribution in [1.82, 2.24) is 9.88 Å². The molecule has 0 saturated heterocycles. The Bertz CT molecular complexity index is 1380. The van der Waals surface area contributed by atoms with E-state index in [0.717, 1.165) is 29.9 Å². The first-order chi connectivity index (χ1) is 19.2. The van der Waals surface area contributed by atoms with Crippen molar-refractivity contribution >= 4 is 22.3 Å². The van der Waals surface area contributed by atoms with Crippen molar-refractivity contribution < 1.29 is 19.3 Å². The number of anilines is 2. The lowest BCUT2D eigenvalue weighted by Crippen LogP contribution is -2.35. The summed E-state index contributed by atoms with van der Waals surface area (Å²) in [5, 5.41) is 14.7. The molecule has 7 nitrogen and oxygen atoms in total. The monoisotopic (exact) mass is 543 g/mol. The molecule has 0 amide bonds. The largest absolute Gasteiger partial charge is 0.493 e. The average Bonchev–Trinajstić information content (AvgIpc) is 2.95.